The largest absolute Gasteiger partial charge is 0.459 e. The molecule has 1 saturated heterocycles. The topological polar surface area (TPSA) is 72.6 Å². The van der Waals surface area contributed by atoms with Crippen LogP contribution in [0.15, 0.2) is 28.2 Å². The first kappa shape index (κ1) is 18.6. The van der Waals surface area contributed by atoms with E-state index in [2.05, 4.69) is 4.98 Å². The van der Waals surface area contributed by atoms with E-state index in [1.54, 1.807) is 11.3 Å². The Kier molecular flexibility index (Phi) is 5.46. The molecule has 0 aromatic carbocycles. The zero-order valence-electron chi connectivity index (χ0n) is 15.4. The number of esters is 1. The Labute approximate surface area is 157 Å². The Hall–Kier alpha value is -2.15. The lowest BCUT2D eigenvalue weighted by Crippen LogP contribution is -2.45. The number of thiophene rings is 1. The standard InChI is InChI=1S/C19H24N2O4S/c1-19(2,3)18(23)21-8-6-13(7-9-21)17(22)25-12-14-11-24-16(20-14)15-5-4-10-26-15/h4-5,10-11,13H,6-9,12H2,1-3H3. The molecule has 0 aliphatic carbocycles. The van der Waals surface area contributed by atoms with Crippen LogP contribution in [0.4, 0.5) is 0 Å². The van der Waals surface area contributed by atoms with Crippen LogP contribution in [0.3, 0.4) is 0 Å². The number of nitrogens with zero attached hydrogens (tertiary/aromatic N) is 2. The lowest BCUT2D eigenvalue weighted by molar-refractivity contribution is -0.154. The molecule has 6 nitrogen and oxygen atoms in total. The first-order valence-corrected chi connectivity index (χ1v) is 9.67. The molecule has 0 bridgehead atoms. The number of aromatic nitrogens is 1. The zero-order valence-corrected chi connectivity index (χ0v) is 16.2. The predicted molar refractivity (Wildman–Crippen MR) is 98.4 cm³/mol. The van der Waals surface area contributed by atoms with Crippen molar-refractivity contribution in [1.29, 1.82) is 0 Å². The monoisotopic (exact) mass is 376 g/mol. The molecule has 3 rings (SSSR count). The molecule has 0 spiro atoms. The molecule has 1 amide bonds. The van der Waals surface area contributed by atoms with Crippen molar-refractivity contribution < 1.29 is 18.7 Å². The summed E-state index contributed by atoms with van der Waals surface area (Å²) in [5.74, 6) is 0.282. The van der Waals surface area contributed by atoms with Gasteiger partial charge in [0.1, 0.15) is 18.6 Å². The van der Waals surface area contributed by atoms with E-state index in [9.17, 15) is 9.59 Å². The average Bonchev–Trinajstić information content (AvgIpc) is 3.29. The van der Waals surface area contributed by atoms with E-state index in [0.29, 0.717) is 37.5 Å². The second-order valence-corrected chi connectivity index (χ2v) is 8.49. The summed E-state index contributed by atoms with van der Waals surface area (Å²) in [4.78, 5) is 31.7. The lowest BCUT2D eigenvalue weighted by atomic mass is 9.91. The van der Waals surface area contributed by atoms with Crippen LogP contribution < -0.4 is 0 Å². The number of piperidine rings is 1. The number of likely N-dealkylation sites (tertiary alicyclic amines) is 1. The Bertz CT molecular complexity index is 753. The van der Waals surface area contributed by atoms with E-state index in [1.807, 2.05) is 43.2 Å². The smallest absolute Gasteiger partial charge is 0.309 e. The van der Waals surface area contributed by atoms with Crippen molar-refractivity contribution in [2.75, 3.05) is 13.1 Å². The molecule has 7 heteroatoms. The van der Waals surface area contributed by atoms with Gasteiger partial charge in [-0.2, -0.15) is 0 Å². The molecule has 0 saturated carbocycles. The molecular formula is C19H24N2O4S. The van der Waals surface area contributed by atoms with Crippen molar-refractivity contribution >= 4 is 23.2 Å². The number of hydrogen-bond donors (Lipinski definition) is 0. The first-order valence-electron chi connectivity index (χ1n) is 8.79. The van der Waals surface area contributed by atoms with Crippen molar-refractivity contribution in [1.82, 2.24) is 9.88 Å². The van der Waals surface area contributed by atoms with Crippen molar-refractivity contribution in [3.63, 3.8) is 0 Å². The second-order valence-electron chi connectivity index (χ2n) is 7.55. The quantitative estimate of drug-likeness (QED) is 0.760. The third-order valence-electron chi connectivity index (χ3n) is 4.40. The maximum atomic E-state index is 12.3. The highest BCUT2D eigenvalue weighted by Gasteiger charge is 2.33. The number of carbonyl (C=O) groups excluding carboxylic acids is 2. The number of hydrogen-bond acceptors (Lipinski definition) is 6. The molecule has 2 aromatic heterocycles. The van der Waals surface area contributed by atoms with Gasteiger partial charge in [0.2, 0.25) is 11.8 Å². The van der Waals surface area contributed by atoms with Crippen molar-refractivity contribution in [3.05, 3.63) is 29.5 Å². The van der Waals surface area contributed by atoms with Gasteiger partial charge in [-0.3, -0.25) is 9.59 Å². The molecule has 0 radical (unpaired) electrons. The van der Waals surface area contributed by atoms with E-state index in [-0.39, 0.29) is 29.8 Å². The van der Waals surface area contributed by atoms with Gasteiger partial charge in [0, 0.05) is 18.5 Å². The van der Waals surface area contributed by atoms with Gasteiger partial charge in [0.15, 0.2) is 0 Å². The summed E-state index contributed by atoms with van der Waals surface area (Å²) >= 11 is 1.54. The molecule has 1 aliphatic heterocycles. The fourth-order valence-corrected chi connectivity index (χ4v) is 3.60. The van der Waals surface area contributed by atoms with Crippen LogP contribution >= 0.6 is 11.3 Å². The van der Waals surface area contributed by atoms with Crippen molar-refractivity contribution in [3.8, 4) is 10.8 Å². The minimum atomic E-state index is -0.388. The molecular weight excluding hydrogens is 352 g/mol. The van der Waals surface area contributed by atoms with Crippen molar-refractivity contribution in [2.45, 2.75) is 40.2 Å². The van der Waals surface area contributed by atoms with Crippen LogP contribution in [0, 0.1) is 11.3 Å². The van der Waals surface area contributed by atoms with E-state index in [0.717, 1.165) is 4.88 Å². The van der Waals surface area contributed by atoms with Crippen LogP contribution in [0.1, 0.15) is 39.3 Å². The van der Waals surface area contributed by atoms with E-state index in [1.165, 1.54) is 6.26 Å². The molecule has 3 heterocycles. The number of amides is 1. The number of ether oxygens (including phenoxy) is 1. The molecule has 0 unspecified atom stereocenters. The highest BCUT2D eigenvalue weighted by molar-refractivity contribution is 7.13. The summed E-state index contributed by atoms with van der Waals surface area (Å²) in [5.41, 5.74) is 0.211. The normalized spacial score (nSPS) is 15.9. The SMILES string of the molecule is CC(C)(C)C(=O)N1CCC(C(=O)OCc2coc(-c3cccs3)n2)CC1. The Morgan fingerprint density at radius 1 is 1.35 bits per heavy atom. The minimum Gasteiger partial charge on any atom is -0.459 e. The summed E-state index contributed by atoms with van der Waals surface area (Å²) in [5, 5.41) is 1.95. The highest BCUT2D eigenvalue weighted by Crippen LogP contribution is 2.26. The zero-order chi connectivity index (χ0) is 18.7. The van der Waals surface area contributed by atoms with E-state index in [4.69, 9.17) is 9.15 Å². The first-order chi connectivity index (χ1) is 12.3. The van der Waals surface area contributed by atoms with Gasteiger partial charge in [0.25, 0.3) is 0 Å². The molecule has 0 N–H and O–H groups in total. The molecule has 2 aromatic rings. The Morgan fingerprint density at radius 2 is 2.08 bits per heavy atom. The molecule has 1 aliphatic rings. The highest BCUT2D eigenvalue weighted by atomic mass is 32.1. The average molecular weight is 376 g/mol. The molecule has 26 heavy (non-hydrogen) atoms. The molecule has 1 fully saturated rings. The molecule has 0 atom stereocenters. The number of carbonyl (C=O) groups is 2. The van der Waals surface area contributed by atoms with Gasteiger partial charge in [-0.05, 0) is 24.3 Å². The fraction of sp³-hybridized carbons (Fsp3) is 0.526. The van der Waals surface area contributed by atoms with Crippen LogP contribution in [0.5, 0.6) is 0 Å². The van der Waals surface area contributed by atoms with Crippen LogP contribution in [0.2, 0.25) is 0 Å². The maximum Gasteiger partial charge on any atom is 0.309 e. The van der Waals surface area contributed by atoms with E-state index < -0.39 is 0 Å². The summed E-state index contributed by atoms with van der Waals surface area (Å²) in [6.45, 7) is 7.05. The number of rotatable bonds is 4. The third-order valence-corrected chi connectivity index (χ3v) is 5.26. The predicted octanol–water partition coefficient (Wildman–Crippen LogP) is 3.73. The summed E-state index contributed by atoms with van der Waals surface area (Å²) in [6.07, 6.45) is 2.80. The van der Waals surface area contributed by atoms with Crippen LogP contribution in [-0.2, 0) is 20.9 Å². The summed E-state index contributed by atoms with van der Waals surface area (Å²) < 4.78 is 10.8. The summed E-state index contributed by atoms with van der Waals surface area (Å²) in [6, 6.07) is 3.86. The number of oxazole rings is 1. The summed E-state index contributed by atoms with van der Waals surface area (Å²) in [7, 11) is 0. The van der Waals surface area contributed by atoms with Gasteiger partial charge in [0.05, 0.1) is 10.8 Å². The van der Waals surface area contributed by atoms with E-state index >= 15 is 0 Å². The van der Waals surface area contributed by atoms with Gasteiger partial charge in [-0.1, -0.05) is 26.8 Å². The third kappa shape index (κ3) is 4.33. The fourth-order valence-electron chi connectivity index (χ4n) is 2.94. The lowest BCUT2D eigenvalue weighted by Gasteiger charge is -2.34. The van der Waals surface area contributed by atoms with Gasteiger partial charge >= 0.3 is 5.97 Å². The molecule has 140 valence electrons. The van der Waals surface area contributed by atoms with Crippen LogP contribution in [0.25, 0.3) is 10.8 Å². The Balaban J connectivity index is 1.47. The second kappa shape index (κ2) is 7.61. The van der Waals surface area contributed by atoms with Crippen molar-refractivity contribution in [2.24, 2.45) is 11.3 Å². The van der Waals surface area contributed by atoms with Gasteiger partial charge in [-0.25, -0.2) is 4.98 Å². The van der Waals surface area contributed by atoms with Crippen LogP contribution in [-0.4, -0.2) is 34.8 Å². The Morgan fingerprint density at radius 3 is 2.69 bits per heavy atom. The van der Waals surface area contributed by atoms with Gasteiger partial charge < -0.3 is 14.1 Å². The maximum absolute atomic E-state index is 12.3. The van der Waals surface area contributed by atoms with Gasteiger partial charge in [-0.15, -0.1) is 11.3 Å². The minimum absolute atomic E-state index is 0.106.